The van der Waals surface area contributed by atoms with Gasteiger partial charge in [0.2, 0.25) is 0 Å². The Kier molecular flexibility index (Phi) is 4.66. The number of ether oxygens (including phenoxy) is 1. The number of nitrogens with one attached hydrogen (secondary N) is 1. The molecule has 1 fully saturated rings. The lowest BCUT2D eigenvalue weighted by Crippen LogP contribution is -2.46. The molecule has 2 nitrogen and oxygen atoms in total. The molecule has 0 saturated heterocycles. The van der Waals surface area contributed by atoms with Gasteiger partial charge in [-0.15, -0.1) is 0 Å². The number of halogens is 1. The summed E-state index contributed by atoms with van der Waals surface area (Å²) < 4.78 is 5.92. The van der Waals surface area contributed by atoms with E-state index >= 15 is 0 Å². The number of hydrogen-bond donors (Lipinski definition) is 1. The Morgan fingerprint density at radius 2 is 1.89 bits per heavy atom. The Bertz CT molecular complexity index is 388. The van der Waals surface area contributed by atoms with E-state index in [9.17, 15) is 0 Å². The first-order chi connectivity index (χ1) is 8.73. The maximum Gasteiger partial charge on any atom is 0.0872 e. The van der Waals surface area contributed by atoms with Crippen molar-refractivity contribution in [1.82, 2.24) is 5.32 Å². The Morgan fingerprint density at radius 1 is 1.22 bits per heavy atom. The summed E-state index contributed by atoms with van der Waals surface area (Å²) in [6, 6.07) is 8.22. The minimum Gasteiger partial charge on any atom is -0.376 e. The molecule has 100 valence electrons. The molecule has 0 bridgehead atoms. The zero-order valence-corrected chi connectivity index (χ0v) is 12.0. The molecule has 18 heavy (non-hydrogen) atoms. The van der Waals surface area contributed by atoms with Gasteiger partial charge < -0.3 is 10.1 Å². The third-order valence-corrected chi connectivity index (χ3v) is 4.48. The second-order valence-corrected chi connectivity index (χ2v) is 5.48. The fourth-order valence-electron chi connectivity index (χ4n) is 3.17. The number of methoxy groups -OCH3 is 1. The Labute approximate surface area is 115 Å². The van der Waals surface area contributed by atoms with Crippen LogP contribution in [0.25, 0.3) is 0 Å². The van der Waals surface area contributed by atoms with Gasteiger partial charge in [0.15, 0.2) is 0 Å². The second-order valence-electron chi connectivity index (χ2n) is 5.07. The monoisotopic (exact) mass is 267 g/mol. The number of benzene rings is 1. The fraction of sp³-hybridized carbons (Fsp3) is 0.600. The molecule has 1 unspecified atom stereocenters. The summed E-state index contributed by atoms with van der Waals surface area (Å²) in [6.07, 6.45) is 5.97. The minimum absolute atomic E-state index is 0.113. The maximum absolute atomic E-state index is 6.34. The minimum atomic E-state index is -0.113. The fourth-order valence-corrected chi connectivity index (χ4v) is 3.42. The average Bonchev–Trinajstić information content (AvgIpc) is 2.43. The van der Waals surface area contributed by atoms with Crippen molar-refractivity contribution in [2.45, 2.75) is 43.7 Å². The highest BCUT2D eigenvalue weighted by atomic mass is 35.5. The molecule has 1 aromatic carbocycles. The molecule has 0 aliphatic heterocycles. The summed E-state index contributed by atoms with van der Waals surface area (Å²) in [5, 5.41) is 4.23. The summed E-state index contributed by atoms with van der Waals surface area (Å²) in [7, 11) is 3.82. The van der Waals surface area contributed by atoms with E-state index in [2.05, 4.69) is 11.4 Å². The Hall–Kier alpha value is -0.570. The molecular weight excluding hydrogens is 246 g/mol. The Balaban J connectivity index is 2.34. The topological polar surface area (TPSA) is 21.3 Å². The first kappa shape index (κ1) is 13.9. The van der Waals surface area contributed by atoms with E-state index in [1.54, 1.807) is 0 Å². The van der Waals surface area contributed by atoms with E-state index in [0.717, 1.165) is 23.4 Å². The lowest BCUT2D eigenvalue weighted by Gasteiger charge is -2.43. The molecule has 1 atom stereocenters. The van der Waals surface area contributed by atoms with Gasteiger partial charge >= 0.3 is 0 Å². The van der Waals surface area contributed by atoms with Gasteiger partial charge in [0.1, 0.15) is 0 Å². The summed E-state index contributed by atoms with van der Waals surface area (Å²) in [4.78, 5) is 0. The molecule has 0 amide bonds. The van der Waals surface area contributed by atoms with E-state index in [0.29, 0.717) is 0 Å². The van der Waals surface area contributed by atoms with Crippen molar-refractivity contribution in [2.75, 3.05) is 14.2 Å². The summed E-state index contributed by atoms with van der Waals surface area (Å²) in [5.74, 6) is 0. The largest absolute Gasteiger partial charge is 0.376 e. The highest BCUT2D eigenvalue weighted by molar-refractivity contribution is 6.31. The van der Waals surface area contributed by atoms with Crippen LogP contribution in [0.5, 0.6) is 0 Å². The van der Waals surface area contributed by atoms with Gasteiger partial charge in [0.25, 0.3) is 0 Å². The zero-order chi connectivity index (χ0) is 13.0. The number of likely N-dealkylation sites (N-methyl/N-ethyl adjacent to an activating group) is 1. The van der Waals surface area contributed by atoms with Gasteiger partial charge in [-0.25, -0.2) is 0 Å². The van der Waals surface area contributed by atoms with Crippen molar-refractivity contribution in [3.63, 3.8) is 0 Å². The zero-order valence-electron chi connectivity index (χ0n) is 11.2. The molecule has 2 rings (SSSR count). The van der Waals surface area contributed by atoms with Crippen LogP contribution in [0.3, 0.4) is 0 Å². The van der Waals surface area contributed by atoms with Gasteiger partial charge in [-0.3, -0.25) is 0 Å². The molecule has 0 heterocycles. The van der Waals surface area contributed by atoms with E-state index in [4.69, 9.17) is 16.3 Å². The van der Waals surface area contributed by atoms with Crippen LogP contribution in [-0.2, 0) is 4.74 Å². The molecule has 1 aliphatic rings. The van der Waals surface area contributed by atoms with E-state index in [1.807, 2.05) is 32.4 Å². The van der Waals surface area contributed by atoms with Gasteiger partial charge in [-0.05, 0) is 31.5 Å². The number of rotatable bonds is 4. The quantitative estimate of drug-likeness (QED) is 0.892. The molecule has 0 aromatic heterocycles. The second kappa shape index (κ2) is 6.05. The smallest absolute Gasteiger partial charge is 0.0872 e. The highest BCUT2D eigenvalue weighted by Crippen LogP contribution is 2.42. The van der Waals surface area contributed by atoms with Crippen LogP contribution in [0, 0.1) is 0 Å². The molecule has 1 saturated carbocycles. The summed E-state index contributed by atoms with van der Waals surface area (Å²) in [5.41, 5.74) is 1.03. The Morgan fingerprint density at radius 3 is 2.44 bits per heavy atom. The third kappa shape index (κ3) is 2.56. The van der Waals surface area contributed by atoms with Crippen molar-refractivity contribution in [3.8, 4) is 0 Å². The van der Waals surface area contributed by atoms with Gasteiger partial charge in [-0.1, -0.05) is 49.1 Å². The van der Waals surface area contributed by atoms with Crippen molar-refractivity contribution in [1.29, 1.82) is 0 Å². The van der Waals surface area contributed by atoms with Crippen LogP contribution in [-0.4, -0.2) is 19.8 Å². The first-order valence-electron chi connectivity index (χ1n) is 6.70. The van der Waals surface area contributed by atoms with Crippen LogP contribution in [0.1, 0.15) is 43.7 Å². The average molecular weight is 268 g/mol. The van der Waals surface area contributed by atoms with Crippen molar-refractivity contribution >= 4 is 11.6 Å². The van der Waals surface area contributed by atoms with Gasteiger partial charge in [-0.2, -0.15) is 0 Å². The van der Waals surface area contributed by atoms with Crippen LogP contribution in [0.2, 0.25) is 5.02 Å². The van der Waals surface area contributed by atoms with Crippen LogP contribution in [0.4, 0.5) is 0 Å². The van der Waals surface area contributed by atoms with Crippen molar-refractivity contribution in [3.05, 3.63) is 34.9 Å². The SMILES string of the molecule is CNC(c1ccccc1Cl)C1(OC)CCCCC1. The first-order valence-corrected chi connectivity index (χ1v) is 7.08. The van der Waals surface area contributed by atoms with Crippen LogP contribution in [0.15, 0.2) is 24.3 Å². The summed E-state index contributed by atoms with van der Waals surface area (Å²) in [6.45, 7) is 0. The predicted molar refractivity (Wildman–Crippen MR) is 76.1 cm³/mol. The van der Waals surface area contributed by atoms with Crippen LogP contribution >= 0.6 is 11.6 Å². The van der Waals surface area contributed by atoms with Crippen molar-refractivity contribution in [2.24, 2.45) is 0 Å². The molecule has 1 aromatic rings. The molecule has 3 heteroatoms. The molecule has 0 spiro atoms. The lowest BCUT2D eigenvalue weighted by molar-refractivity contribution is -0.0671. The van der Waals surface area contributed by atoms with E-state index in [-0.39, 0.29) is 11.6 Å². The van der Waals surface area contributed by atoms with Crippen LogP contribution < -0.4 is 5.32 Å². The van der Waals surface area contributed by atoms with E-state index < -0.39 is 0 Å². The molecular formula is C15H22ClNO. The normalized spacial score (nSPS) is 20.6. The van der Waals surface area contributed by atoms with Crippen molar-refractivity contribution < 1.29 is 4.74 Å². The standard InChI is InChI=1S/C15H22ClNO/c1-17-14(12-8-4-5-9-13(12)16)15(18-2)10-6-3-7-11-15/h4-5,8-9,14,17H,3,6-7,10-11H2,1-2H3. The lowest BCUT2D eigenvalue weighted by atomic mass is 9.76. The van der Waals surface area contributed by atoms with Gasteiger partial charge in [0, 0.05) is 12.1 Å². The van der Waals surface area contributed by atoms with Gasteiger partial charge in [0.05, 0.1) is 11.6 Å². The maximum atomic E-state index is 6.34. The molecule has 0 radical (unpaired) electrons. The third-order valence-electron chi connectivity index (χ3n) is 4.14. The van der Waals surface area contributed by atoms with E-state index in [1.165, 1.54) is 19.3 Å². The highest BCUT2D eigenvalue weighted by Gasteiger charge is 2.40. The molecule has 1 N–H and O–H groups in total. The summed E-state index contributed by atoms with van der Waals surface area (Å²) >= 11 is 6.34. The number of hydrogen-bond acceptors (Lipinski definition) is 2. The predicted octanol–water partition coefficient (Wildman–Crippen LogP) is 3.95. The molecule has 1 aliphatic carbocycles.